The van der Waals surface area contributed by atoms with Gasteiger partial charge in [-0.25, -0.2) is 4.79 Å². The van der Waals surface area contributed by atoms with Gasteiger partial charge < -0.3 is 15.3 Å². The minimum absolute atomic E-state index is 0.0000896. The van der Waals surface area contributed by atoms with Gasteiger partial charge in [0.15, 0.2) is 0 Å². The summed E-state index contributed by atoms with van der Waals surface area (Å²) in [6.45, 7) is 5.55. The number of rotatable bonds is 9. The van der Waals surface area contributed by atoms with E-state index in [1.165, 1.54) is 12.1 Å². The first kappa shape index (κ1) is 21.2. The average Bonchev–Trinajstić information content (AvgIpc) is 2.68. The molecule has 2 N–H and O–H groups in total. The van der Waals surface area contributed by atoms with Crippen molar-refractivity contribution >= 4 is 23.5 Å². The van der Waals surface area contributed by atoms with E-state index >= 15 is 0 Å². The molecule has 0 unspecified atom stereocenters. The maximum Gasteiger partial charge on any atom is 0.335 e. The summed E-state index contributed by atoms with van der Waals surface area (Å²) in [6.07, 6.45) is 1.96. The van der Waals surface area contributed by atoms with Gasteiger partial charge in [0, 0.05) is 24.3 Å². The first-order valence-electron chi connectivity index (χ1n) is 9.46. The molecule has 148 valence electrons. The molecule has 6 heteroatoms. The third-order valence-electron chi connectivity index (χ3n) is 4.26. The van der Waals surface area contributed by atoms with Crippen molar-refractivity contribution in [2.75, 3.05) is 18.4 Å². The van der Waals surface area contributed by atoms with E-state index in [0.717, 1.165) is 31.5 Å². The second-order valence-corrected chi connectivity index (χ2v) is 6.60. The summed E-state index contributed by atoms with van der Waals surface area (Å²) >= 11 is 0. The Morgan fingerprint density at radius 3 is 1.89 bits per heavy atom. The summed E-state index contributed by atoms with van der Waals surface area (Å²) in [7, 11) is 0. The highest BCUT2D eigenvalue weighted by Crippen LogP contribution is 2.13. The standard InChI is InChI=1S/C22H26N2O4/c1-3-13-24(14-4-2)21(26)17-9-11-19(12-10-17)23-20(25)15-16-5-7-18(8-6-16)22(27)28/h5-12H,3-4,13-15H2,1-2H3,(H,23,25)(H,27,28). The maximum atomic E-state index is 12.6. The van der Waals surface area contributed by atoms with Gasteiger partial charge in [0.25, 0.3) is 5.91 Å². The molecule has 0 radical (unpaired) electrons. The summed E-state index contributed by atoms with van der Waals surface area (Å²) in [4.78, 5) is 37.5. The number of carbonyl (C=O) groups is 3. The number of amides is 2. The van der Waals surface area contributed by atoms with Crippen molar-refractivity contribution < 1.29 is 19.5 Å². The highest BCUT2D eigenvalue weighted by atomic mass is 16.4. The van der Waals surface area contributed by atoms with Crippen molar-refractivity contribution in [1.82, 2.24) is 4.90 Å². The number of anilines is 1. The third-order valence-corrected chi connectivity index (χ3v) is 4.26. The smallest absolute Gasteiger partial charge is 0.335 e. The number of carbonyl (C=O) groups excluding carboxylic acids is 2. The lowest BCUT2D eigenvalue weighted by molar-refractivity contribution is -0.115. The number of nitrogens with zero attached hydrogens (tertiary/aromatic N) is 1. The van der Waals surface area contributed by atoms with Crippen LogP contribution in [-0.4, -0.2) is 40.9 Å². The SMILES string of the molecule is CCCN(CCC)C(=O)c1ccc(NC(=O)Cc2ccc(C(=O)O)cc2)cc1. The zero-order valence-electron chi connectivity index (χ0n) is 16.3. The molecule has 2 aromatic rings. The number of nitrogens with one attached hydrogen (secondary N) is 1. The Hall–Kier alpha value is -3.15. The first-order chi connectivity index (χ1) is 13.4. The molecule has 2 aromatic carbocycles. The Labute approximate surface area is 165 Å². The van der Waals surface area contributed by atoms with E-state index in [1.807, 2.05) is 18.7 Å². The van der Waals surface area contributed by atoms with Crippen molar-refractivity contribution in [1.29, 1.82) is 0 Å². The van der Waals surface area contributed by atoms with Crippen molar-refractivity contribution in [3.63, 3.8) is 0 Å². The summed E-state index contributed by atoms with van der Waals surface area (Å²) in [5.74, 6) is -1.21. The topological polar surface area (TPSA) is 86.7 Å². The second-order valence-electron chi connectivity index (χ2n) is 6.60. The van der Waals surface area contributed by atoms with Crippen LogP contribution in [0.2, 0.25) is 0 Å². The van der Waals surface area contributed by atoms with Gasteiger partial charge in [-0.05, 0) is 54.8 Å². The molecular weight excluding hydrogens is 356 g/mol. The molecule has 0 saturated carbocycles. The number of hydrogen-bond donors (Lipinski definition) is 2. The van der Waals surface area contributed by atoms with E-state index in [1.54, 1.807) is 36.4 Å². The van der Waals surface area contributed by atoms with Gasteiger partial charge in [0.2, 0.25) is 5.91 Å². The van der Waals surface area contributed by atoms with Crippen LogP contribution >= 0.6 is 0 Å². The highest BCUT2D eigenvalue weighted by Gasteiger charge is 2.14. The number of aromatic carboxylic acids is 1. The fraction of sp³-hybridized carbons (Fsp3) is 0.318. The highest BCUT2D eigenvalue weighted by molar-refractivity contribution is 5.96. The molecule has 0 aliphatic carbocycles. The van der Waals surface area contributed by atoms with Crippen molar-refractivity contribution in [2.24, 2.45) is 0 Å². The molecular formula is C22H26N2O4. The largest absolute Gasteiger partial charge is 0.478 e. The number of carboxylic acids is 1. The Morgan fingerprint density at radius 1 is 0.857 bits per heavy atom. The summed E-state index contributed by atoms with van der Waals surface area (Å²) in [6, 6.07) is 13.1. The van der Waals surface area contributed by atoms with E-state index in [4.69, 9.17) is 5.11 Å². The zero-order chi connectivity index (χ0) is 20.5. The molecule has 0 aliphatic rings. The van der Waals surface area contributed by atoms with Crippen LogP contribution in [0.5, 0.6) is 0 Å². The molecule has 0 spiro atoms. The predicted molar refractivity (Wildman–Crippen MR) is 109 cm³/mol. The monoisotopic (exact) mass is 382 g/mol. The fourth-order valence-corrected chi connectivity index (χ4v) is 2.89. The molecule has 0 heterocycles. The predicted octanol–water partition coefficient (Wildman–Crippen LogP) is 3.83. The Kier molecular flexibility index (Phi) is 7.75. The van der Waals surface area contributed by atoms with Crippen LogP contribution in [0.3, 0.4) is 0 Å². The van der Waals surface area contributed by atoms with Crippen LogP contribution < -0.4 is 5.32 Å². The Morgan fingerprint density at radius 2 is 1.39 bits per heavy atom. The van der Waals surface area contributed by atoms with Gasteiger partial charge in [-0.3, -0.25) is 9.59 Å². The lowest BCUT2D eigenvalue weighted by atomic mass is 10.1. The van der Waals surface area contributed by atoms with Gasteiger partial charge >= 0.3 is 5.97 Å². The van der Waals surface area contributed by atoms with E-state index in [9.17, 15) is 14.4 Å². The zero-order valence-corrected chi connectivity index (χ0v) is 16.3. The van der Waals surface area contributed by atoms with E-state index in [-0.39, 0.29) is 23.8 Å². The van der Waals surface area contributed by atoms with Gasteiger partial charge in [-0.1, -0.05) is 26.0 Å². The molecule has 6 nitrogen and oxygen atoms in total. The second kappa shape index (κ2) is 10.3. The Bertz CT molecular complexity index is 807. The van der Waals surface area contributed by atoms with Crippen molar-refractivity contribution in [3.05, 3.63) is 65.2 Å². The van der Waals surface area contributed by atoms with Crippen LogP contribution in [0.4, 0.5) is 5.69 Å². The van der Waals surface area contributed by atoms with E-state index in [2.05, 4.69) is 5.32 Å². The molecule has 28 heavy (non-hydrogen) atoms. The molecule has 0 bridgehead atoms. The van der Waals surface area contributed by atoms with E-state index < -0.39 is 5.97 Å². The first-order valence-corrected chi connectivity index (χ1v) is 9.46. The lowest BCUT2D eigenvalue weighted by Crippen LogP contribution is -2.32. The van der Waals surface area contributed by atoms with Crippen LogP contribution in [0.15, 0.2) is 48.5 Å². The minimum atomic E-state index is -0.998. The van der Waals surface area contributed by atoms with Crippen molar-refractivity contribution in [3.8, 4) is 0 Å². The van der Waals surface area contributed by atoms with Gasteiger partial charge in [0.1, 0.15) is 0 Å². The lowest BCUT2D eigenvalue weighted by Gasteiger charge is -2.21. The van der Waals surface area contributed by atoms with Gasteiger partial charge in [-0.2, -0.15) is 0 Å². The molecule has 0 atom stereocenters. The summed E-state index contributed by atoms with van der Waals surface area (Å²) in [5, 5.41) is 11.7. The van der Waals surface area contributed by atoms with Crippen LogP contribution in [0, 0.1) is 0 Å². The van der Waals surface area contributed by atoms with Gasteiger partial charge in [0.05, 0.1) is 12.0 Å². The third kappa shape index (κ3) is 5.94. The Balaban J connectivity index is 1.96. The fourth-order valence-electron chi connectivity index (χ4n) is 2.89. The van der Waals surface area contributed by atoms with Crippen LogP contribution in [0.1, 0.15) is 53.0 Å². The number of hydrogen-bond acceptors (Lipinski definition) is 3. The summed E-state index contributed by atoms with van der Waals surface area (Å²) in [5.41, 5.74) is 2.12. The molecule has 0 aromatic heterocycles. The number of carboxylic acid groups (broad SMARTS) is 1. The summed E-state index contributed by atoms with van der Waals surface area (Å²) < 4.78 is 0. The normalized spacial score (nSPS) is 10.4. The van der Waals surface area contributed by atoms with E-state index in [0.29, 0.717) is 11.3 Å². The minimum Gasteiger partial charge on any atom is -0.478 e. The number of benzene rings is 2. The molecule has 2 amide bonds. The molecule has 0 aliphatic heterocycles. The van der Waals surface area contributed by atoms with Gasteiger partial charge in [-0.15, -0.1) is 0 Å². The quantitative estimate of drug-likeness (QED) is 0.690. The van der Waals surface area contributed by atoms with Crippen molar-refractivity contribution in [2.45, 2.75) is 33.1 Å². The molecule has 0 saturated heterocycles. The van der Waals surface area contributed by atoms with Crippen LogP contribution in [0.25, 0.3) is 0 Å². The maximum absolute atomic E-state index is 12.6. The van der Waals surface area contributed by atoms with Crippen LogP contribution in [-0.2, 0) is 11.2 Å². The molecule has 0 fully saturated rings. The molecule has 2 rings (SSSR count). The average molecular weight is 382 g/mol.